The fraction of sp³-hybridized carbons (Fsp3) is 0.923. The van der Waals surface area contributed by atoms with Gasteiger partial charge in [-0.1, -0.05) is 0 Å². The van der Waals surface area contributed by atoms with Crippen molar-refractivity contribution in [1.82, 2.24) is 9.80 Å². The lowest BCUT2D eigenvalue weighted by atomic mass is 9.92. The van der Waals surface area contributed by atoms with E-state index in [0.29, 0.717) is 6.04 Å². The number of hydrogen-bond acceptors (Lipinski definition) is 3. The molecule has 0 aliphatic carbocycles. The van der Waals surface area contributed by atoms with Crippen molar-refractivity contribution in [3.8, 4) is 0 Å². The van der Waals surface area contributed by atoms with Gasteiger partial charge in [0.1, 0.15) is 5.60 Å². The van der Waals surface area contributed by atoms with Crippen molar-refractivity contribution in [3.63, 3.8) is 0 Å². The summed E-state index contributed by atoms with van der Waals surface area (Å²) in [6.45, 7) is 8.59. The summed E-state index contributed by atoms with van der Waals surface area (Å²) in [5, 5.41) is 0. The maximum Gasteiger partial charge on any atom is 0.410 e. The van der Waals surface area contributed by atoms with E-state index in [2.05, 4.69) is 11.9 Å². The fourth-order valence-electron chi connectivity index (χ4n) is 2.84. The molecule has 4 heteroatoms. The average Bonchev–Trinajstić information content (AvgIpc) is 2.57. The second-order valence-corrected chi connectivity index (χ2v) is 6.31. The third-order valence-corrected chi connectivity index (χ3v) is 3.79. The Morgan fingerprint density at radius 1 is 1.24 bits per heavy atom. The van der Waals surface area contributed by atoms with E-state index in [1.807, 2.05) is 25.7 Å². The van der Waals surface area contributed by atoms with Gasteiger partial charge in [0, 0.05) is 19.1 Å². The van der Waals surface area contributed by atoms with Gasteiger partial charge in [-0.05, 0) is 53.1 Å². The van der Waals surface area contributed by atoms with Crippen LogP contribution >= 0.6 is 0 Å². The van der Waals surface area contributed by atoms with E-state index >= 15 is 0 Å². The highest BCUT2D eigenvalue weighted by molar-refractivity contribution is 5.68. The number of amides is 1. The van der Waals surface area contributed by atoms with Crippen LogP contribution in [0.15, 0.2) is 0 Å². The summed E-state index contributed by atoms with van der Waals surface area (Å²) in [6.07, 6.45) is 2.24. The van der Waals surface area contributed by atoms with Gasteiger partial charge in [-0.15, -0.1) is 0 Å². The summed E-state index contributed by atoms with van der Waals surface area (Å²) in [4.78, 5) is 16.2. The van der Waals surface area contributed by atoms with Crippen LogP contribution in [-0.2, 0) is 4.74 Å². The molecule has 17 heavy (non-hydrogen) atoms. The third kappa shape index (κ3) is 2.92. The second kappa shape index (κ2) is 4.48. The summed E-state index contributed by atoms with van der Waals surface area (Å²) >= 11 is 0. The highest BCUT2D eigenvalue weighted by atomic mass is 16.6. The number of ether oxygens (including phenoxy) is 1. The zero-order chi connectivity index (χ0) is 12.6. The van der Waals surface area contributed by atoms with E-state index in [1.54, 1.807) is 0 Å². The van der Waals surface area contributed by atoms with E-state index in [1.165, 1.54) is 6.42 Å². The highest BCUT2D eigenvalue weighted by Gasteiger charge is 2.38. The van der Waals surface area contributed by atoms with Gasteiger partial charge in [-0.2, -0.15) is 0 Å². The molecule has 2 saturated heterocycles. The van der Waals surface area contributed by atoms with Crippen molar-refractivity contribution in [2.24, 2.45) is 5.92 Å². The number of hydrogen-bond donors (Lipinski definition) is 0. The van der Waals surface area contributed by atoms with Crippen LogP contribution in [0.3, 0.4) is 0 Å². The van der Waals surface area contributed by atoms with Gasteiger partial charge in [-0.3, -0.25) is 0 Å². The normalized spacial score (nSPS) is 30.2. The lowest BCUT2D eigenvalue weighted by Crippen LogP contribution is -2.50. The number of likely N-dealkylation sites (tertiary alicyclic amines) is 2. The number of carbonyl (C=O) groups is 1. The molecule has 2 heterocycles. The molecule has 98 valence electrons. The summed E-state index contributed by atoms with van der Waals surface area (Å²) in [6, 6.07) is 0.538. The molecule has 0 aromatic carbocycles. The molecule has 0 aromatic heterocycles. The van der Waals surface area contributed by atoms with Gasteiger partial charge >= 0.3 is 6.09 Å². The molecule has 0 radical (unpaired) electrons. The summed E-state index contributed by atoms with van der Waals surface area (Å²) in [7, 11) is 2.16. The summed E-state index contributed by atoms with van der Waals surface area (Å²) in [5.74, 6) is 0.777. The van der Waals surface area contributed by atoms with Gasteiger partial charge in [-0.25, -0.2) is 4.79 Å². The molecule has 2 rings (SSSR count). The number of rotatable bonds is 0. The molecule has 0 saturated carbocycles. The van der Waals surface area contributed by atoms with Crippen molar-refractivity contribution in [2.45, 2.75) is 45.3 Å². The Morgan fingerprint density at radius 3 is 2.53 bits per heavy atom. The smallest absolute Gasteiger partial charge is 0.410 e. The molecule has 2 fully saturated rings. The highest BCUT2D eigenvalue weighted by Crippen LogP contribution is 2.30. The lowest BCUT2D eigenvalue weighted by Gasteiger charge is -2.37. The Bertz CT molecular complexity index is 298. The van der Waals surface area contributed by atoms with Crippen molar-refractivity contribution in [2.75, 3.05) is 26.7 Å². The zero-order valence-corrected chi connectivity index (χ0v) is 11.4. The van der Waals surface area contributed by atoms with Crippen LogP contribution in [0.5, 0.6) is 0 Å². The van der Waals surface area contributed by atoms with Crippen molar-refractivity contribution >= 4 is 6.09 Å². The van der Waals surface area contributed by atoms with E-state index in [-0.39, 0.29) is 6.09 Å². The summed E-state index contributed by atoms with van der Waals surface area (Å²) < 4.78 is 5.43. The number of fused-ring (bicyclic) bond motifs is 1. The molecule has 1 amide bonds. The molecular weight excluding hydrogens is 216 g/mol. The maximum absolute atomic E-state index is 12.0. The predicted octanol–water partition coefficient (Wildman–Crippen LogP) is 1.95. The van der Waals surface area contributed by atoms with Gasteiger partial charge in [0.2, 0.25) is 0 Å². The molecule has 4 nitrogen and oxygen atoms in total. The Balaban J connectivity index is 1.93. The van der Waals surface area contributed by atoms with Gasteiger partial charge in [0.05, 0.1) is 0 Å². The van der Waals surface area contributed by atoms with Gasteiger partial charge in [0.15, 0.2) is 0 Å². The van der Waals surface area contributed by atoms with Gasteiger partial charge < -0.3 is 14.5 Å². The number of carbonyl (C=O) groups excluding carboxylic acids is 1. The van der Waals surface area contributed by atoms with Crippen LogP contribution in [0.2, 0.25) is 0 Å². The molecule has 2 aliphatic heterocycles. The zero-order valence-electron chi connectivity index (χ0n) is 11.4. The second-order valence-electron chi connectivity index (χ2n) is 6.31. The van der Waals surface area contributed by atoms with Crippen molar-refractivity contribution < 1.29 is 9.53 Å². The van der Waals surface area contributed by atoms with Crippen LogP contribution in [-0.4, -0.2) is 54.2 Å². The standard InChI is InChI=1S/C13H24N2O2/c1-13(2,3)17-12(16)15-8-6-10-5-7-14(4)11(10)9-15/h10-11H,5-9H2,1-4H3. The molecule has 0 spiro atoms. The molecule has 2 atom stereocenters. The first-order valence-corrected chi connectivity index (χ1v) is 6.55. The van der Waals surface area contributed by atoms with Crippen LogP contribution < -0.4 is 0 Å². The molecule has 2 aliphatic rings. The largest absolute Gasteiger partial charge is 0.444 e. The number of piperidine rings is 1. The molecular formula is C13H24N2O2. The maximum atomic E-state index is 12.0. The van der Waals surface area contributed by atoms with Crippen LogP contribution in [0, 0.1) is 5.92 Å². The monoisotopic (exact) mass is 240 g/mol. The first-order valence-electron chi connectivity index (χ1n) is 6.55. The van der Waals surface area contributed by atoms with E-state index in [9.17, 15) is 4.79 Å². The fourth-order valence-corrected chi connectivity index (χ4v) is 2.84. The Hall–Kier alpha value is -0.770. The first-order chi connectivity index (χ1) is 7.87. The number of nitrogens with zero attached hydrogens (tertiary/aromatic N) is 2. The minimum absolute atomic E-state index is 0.156. The molecule has 0 aromatic rings. The van der Waals surface area contributed by atoms with Gasteiger partial charge in [0.25, 0.3) is 0 Å². The first kappa shape index (κ1) is 12.7. The third-order valence-electron chi connectivity index (χ3n) is 3.79. The van der Waals surface area contributed by atoms with Crippen LogP contribution in [0.1, 0.15) is 33.6 Å². The van der Waals surface area contributed by atoms with Crippen molar-refractivity contribution in [1.29, 1.82) is 0 Å². The lowest BCUT2D eigenvalue weighted by molar-refractivity contribution is 0.0115. The minimum atomic E-state index is -0.393. The minimum Gasteiger partial charge on any atom is -0.444 e. The average molecular weight is 240 g/mol. The van der Waals surface area contributed by atoms with E-state index in [4.69, 9.17) is 4.74 Å². The SMILES string of the molecule is CN1CCC2CCN(C(=O)OC(C)(C)C)CC21. The number of likely N-dealkylation sites (N-methyl/N-ethyl adjacent to an activating group) is 1. The topological polar surface area (TPSA) is 32.8 Å². The van der Waals surface area contributed by atoms with E-state index in [0.717, 1.165) is 32.0 Å². The van der Waals surface area contributed by atoms with Crippen LogP contribution in [0.4, 0.5) is 4.79 Å². The van der Waals surface area contributed by atoms with Crippen molar-refractivity contribution in [3.05, 3.63) is 0 Å². The predicted molar refractivity (Wildman–Crippen MR) is 66.9 cm³/mol. The van der Waals surface area contributed by atoms with Crippen LogP contribution in [0.25, 0.3) is 0 Å². The Labute approximate surface area is 104 Å². The summed E-state index contributed by atoms with van der Waals surface area (Å²) in [5.41, 5.74) is -0.393. The molecule has 0 N–H and O–H groups in total. The molecule has 2 unspecified atom stereocenters. The molecule has 0 bridgehead atoms. The van der Waals surface area contributed by atoms with E-state index < -0.39 is 5.60 Å². The Morgan fingerprint density at radius 2 is 1.88 bits per heavy atom. The Kier molecular flexibility index (Phi) is 3.34. The quantitative estimate of drug-likeness (QED) is 0.649.